The van der Waals surface area contributed by atoms with E-state index in [1.807, 2.05) is 0 Å². The standard InChI is InChI=1S/C9H9BrCl2N2O2S/c10-5-1-7(11)9(8(12)2-5)17(15,16)14-6-3-13-4-6/h1-2,6,13-14H,3-4H2. The molecule has 1 aliphatic heterocycles. The van der Waals surface area contributed by atoms with Gasteiger partial charge in [0.15, 0.2) is 0 Å². The molecular formula is C9H9BrCl2N2O2S. The van der Waals surface area contributed by atoms with Crippen LogP contribution in [-0.2, 0) is 10.0 Å². The van der Waals surface area contributed by atoms with Gasteiger partial charge in [0.2, 0.25) is 10.0 Å². The Morgan fingerprint density at radius 3 is 2.24 bits per heavy atom. The normalized spacial score (nSPS) is 16.9. The van der Waals surface area contributed by atoms with Crippen LogP contribution in [-0.4, -0.2) is 27.5 Å². The molecular weight excluding hydrogens is 351 g/mol. The molecule has 4 nitrogen and oxygen atoms in total. The zero-order valence-electron chi connectivity index (χ0n) is 8.50. The largest absolute Gasteiger partial charge is 0.313 e. The van der Waals surface area contributed by atoms with Crippen LogP contribution in [0.5, 0.6) is 0 Å². The van der Waals surface area contributed by atoms with Gasteiger partial charge in [-0.1, -0.05) is 39.1 Å². The van der Waals surface area contributed by atoms with Gasteiger partial charge in [0.05, 0.1) is 10.0 Å². The minimum absolute atomic E-state index is 0.0732. The number of halogens is 3. The summed E-state index contributed by atoms with van der Waals surface area (Å²) in [6.07, 6.45) is 0. The number of nitrogens with one attached hydrogen (secondary N) is 2. The number of rotatable bonds is 3. The van der Waals surface area contributed by atoms with Gasteiger partial charge in [0, 0.05) is 23.6 Å². The highest BCUT2D eigenvalue weighted by Crippen LogP contribution is 2.32. The zero-order valence-corrected chi connectivity index (χ0v) is 12.4. The van der Waals surface area contributed by atoms with E-state index in [2.05, 4.69) is 26.0 Å². The molecule has 8 heteroatoms. The number of hydrogen-bond donors (Lipinski definition) is 2. The van der Waals surface area contributed by atoms with Crippen molar-refractivity contribution in [2.24, 2.45) is 0 Å². The first-order chi connectivity index (χ1) is 7.90. The highest BCUT2D eigenvalue weighted by Gasteiger charge is 2.28. The van der Waals surface area contributed by atoms with Crippen LogP contribution in [0.3, 0.4) is 0 Å². The molecule has 1 aromatic carbocycles. The highest BCUT2D eigenvalue weighted by molar-refractivity contribution is 9.10. The maximum absolute atomic E-state index is 12.1. The van der Waals surface area contributed by atoms with Gasteiger partial charge in [-0.2, -0.15) is 0 Å². The fraction of sp³-hybridized carbons (Fsp3) is 0.333. The maximum Gasteiger partial charge on any atom is 0.243 e. The first-order valence-electron chi connectivity index (χ1n) is 4.78. The molecule has 0 spiro atoms. The van der Waals surface area contributed by atoms with E-state index in [0.29, 0.717) is 17.6 Å². The Morgan fingerprint density at radius 1 is 1.29 bits per heavy atom. The summed E-state index contributed by atoms with van der Waals surface area (Å²) >= 11 is 15.0. The Labute approximate surface area is 118 Å². The van der Waals surface area contributed by atoms with Crippen LogP contribution >= 0.6 is 39.1 Å². The van der Waals surface area contributed by atoms with Gasteiger partial charge in [-0.3, -0.25) is 0 Å². The van der Waals surface area contributed by atoms with Crippen LogP contribution in [0.15, 0.2) is 21.5 Å². The highest BCUT2D eigenvalue weighted by atomic mass is 79.9. The van der Waals surface area contributed by atoms with Gasteiger partial charge < -0.3 is 5.32 Å². The molecule has 1 aromatic rings. The lowest BCUT2D eigenvalue weighted by molar-refractivity contribution is 0.410. The van der Waals surface area contributed by atoms with Crippen LogP contribution in [0.2, 0.25) is 10.0 Å². The second kappa shape index (κ2) is 5.03. The Kier molecular flexibility index (Phi) is 4.02. The third kappa shape index (κ3) is 2.94. The summed E-state index contributed by atoms with van der Waals surface area (Å²) in [4.78, 5) is -0.0732. The molecule has 17 heavy (non-hydrogen) atoms. The molecule has 0 unspecified atom stereocenters. The molecule has 0 aliphatic carbocycles. The third-order valence-corrected chi connectivity index (χ3v) is 5.23. The lowest BCUT2D eigenvalue weighted by Gasteiger charge is -2.28. The topological polar surface area (TPSA) is 58.2 Å². The van der Waals surface area contributed by atoms with Crippen molar-refractivity contribution in [1.29, 1.82) is 0 Å². The molecule has 0 bridgehead atoms. The Balaban J connectivity index is 2.38. The van der Waals surface area contributed by atoms with Crippen LogP contribution in [0.4, 0.5) is 0 Å². The molecule has 1 aliphatic rings. The average Bonchev–Trinajstić information content (AvgIpc) is 2.09. The minimum atomic E-state index is -3.67. The summed E-state index contributed by atoms with van der Waals surface area (Å²) in [5, 5.41) is 3.18. The van der Waals surface area contributed by atoms with Gasteiger partial charge in [-0.25, -0.2) is 13.1 Å². The minimum Gasteiger partial charge on any atom is -0.313 e. The van der Waals surface area contributed by atoms with E-state index in [4.69, 9.17) is 23.2 Å². The van der Waals surface area contributed by atoms with Gasteiger partial charge >= 0.3 is 0 Å². The Hall–Kier alpha value is 0.150. The fourth-order valence-electron chi connectivity index (χ4n) is 1.44. The quantitative estimate of drug-likeness (QED) is 0.867. The van der Waals surface area contributed by atoms with Crippen LogP contribution in [0.1, 0.15) is 0 Å². The molecule has 0 aromatic heterocycles. The second-order valence-electron chi connectivity index (χ2n) is 3.68. The van der Waals surface area contributed by atoms with Crippen molar-refractivity contribution in [3.8, 4) is 0 Å². The molecule has 1 fully saturated rings. The number of benzene rings is 1. The lowest BCUT2D eigenvalue weighted by atomic mass is 10.2. The molecule has 2 N–H and O–H groups in total. The Bertz CT molecular complexity index is 523. The van der Waals surface area contributed by atoms with Gasteiger partial charge in [0.25, 0.3) is 0 Å². The van der Waals surface area contributed by atoms with Crippen molar-refractivity contribution in [2.75, 3.05) is 13.1 Å². The van der Waals surface area contributed by atoms with E-state index < -0.39 is 10.0 Å². The SMILES string of the molecule is O=S(=O)(NC1CNC1)c1c(Cl)cc(Br)cc1Cl. The molecule has 0 amide bonds. The lowest BCUT2D eigenvalue weighted by Crippen LogP contribution is -2.56. The monoisotopic (exact) mass is 358 g/mol. The van der Waals surface area contributed by atoms with E-state index >= 15 is 0 Å². The number of hydrogen-bond acceptors (Lipinski definition) is 3. The molecule has 94 valence electrons. The summed E-state index contributed by atoms with van der Waals surface area (Å²) < 4.78 is 27.3. The molecule has 0 saturated carbocycles. The van der Waals surface area contributed by atoms with E-state index in [9.17, 15) is 8.42 Å². The third-order valence-electron chi connectivity index (χ3n) is 2.34. The summed E-state index contributed by atoms with van der Waals surface area (Å²) in [5.74, 6) is 0. The first-order valence-corrected chi connectivity index (χ1v) is 7.81. The van der Waals surface area contributed by atoms with Crippen LogP contribution in [0.25, 0.3) is 0 Å². The van der Waals surface area contributed by atoms with Crippen molar-refractivity contribution in [3.05, 3.63) is 26.7 Å². The van der Waals surface area contributed by atoms with Gasteiger partial charge in [0.1, 0.15) is 4.90 Å². The molecule has 0 radical (unpaired) electrons. The van der Waals surface area contributed by atoms with Crippen molar-refractivity contribution in [1.82, 2.24) is 10.0 Å². The molecule has 2 rings (SSSR count). The van der Waals surface area contributed by atoms with Crippen molar-refractivity contribution < 1.29 is 8.42 Å². The molecule has 1 saturated heterocycles. The smallest absolute Gasteiger partial charge is 0.243 e. The number of sulfonamides is 1. The summed E-state index contributed by atoms with van der Waals surface area (Å²) in [7, 11) is -3.67. The predicted molar refractivity (Wildman–Crippen MR) is 71.1 cm³/mol. The summed E-state index contributed by atoms with van der Waals surface area (Å²) in [6.45, 7) is 1.23. The van der Waals surface area contributed by atoms with Gasteiger partial charge in [-0.05, 0) is 12.1 Å². The van der Waals surface area contributed by atoms with Crippen LogP contribution in [0, 0.1) is 0 Å². The van der Waals surface area contributed by atoms with E-state index in [0.717, 1.165) is 0 Å². The van der Waals surface area contributed by atoms with Crippen molar-refractivity contribution in [2.45, 2.75) is 10.9 Å². The van der Waals surface area contributed by atoms with Gasteiger partial charge in [-0.15, -0.1) is 0 Å². The van der Waals surface area contributed by atoms with E-state index in [1.54, 1.807) is 0 Å². The maximum atomic E-state index is 12.1. The summed E-state index contributed by atoms with van der Waals surface area (Å²) in [5.41, 5.74) is 0. The fourth-order valence-corrected chi connectivity index (χ4v) is 4.61. The molecule has 1 heterocycles. The zero-order chi connectivity index (χ0) is 12.6. The van der Waals surface area contributed by atoms with E-state index in [1.165, 1.54) is 12.1 Å². The van der Waals surface area contributed by atoms with E-state index in [-0.39, 0.29) is 21.0 Å². The van der Waals surface area contributed by atoms with Crippen molar-refractivity contribution >= 4 is 49.2 Å². The predicted octanol–water partition coefficient (Wildman–Crippen LogP) is 2.01. The Morgan fingerprint density at radius 2 is 1.82 bits per heavy atom. The van der Waals surface area contributed by atoms with Crippen molar-refractivity contribution in [3.63, 3.8) is 0 Å². The average molecular weight is 360 g/mol. The van der Waals surface area contributed by atoms with Crippen LogP contribution < -0.4 is 10.0 Å². The second-order valence-corrected chi connectivity index (χ2v) is 7.06. The first kappa shape index (κ1) is 13.6. The summed E-state index contributed by atoms with van der Waals surface area (Å²) in [6, 6.07) is 2.90. The molecule has 0 atom stereocenters.